The summed E-state index contributed by atoms with van der Waals surface area (Å²) in [4.78, 5) is 17.3. The molecular formula is C22H26ClF2N5O2. The van der Waals surface area contributed by atoms with Crippen LogP contribution in [-0.4, -0.2) is 76.6 Å². The van der Waals surface area contributed by atoms with Gasteiger partial charge in [0.05, 0.1) is 23.1 Å². The molecule has 4 aliphatic heterocycles. The zero-order valence-electron chi connectivity index (χ0n) is 17.8. The number of fused-ring (bicyclic) bond motifs is 2. The third kappa shape index (κ3) is 3.31. The van der Waals surface area contributed by atoms with Crippen LogP contribution in [0.5, 0.6) is 6.01 Å². The number of halogens is 3. The molecule has 4 saturated heterocycles. The molecule has 4 fully saturated rings. The van der Waals surface area contributed by atoms with Gasteiger partial charge in [-0.25, -0.2) is 13.8 Å². The molecule has 0 N–H and O–H groups in total. The van der Waals surface area contributed by atoms with E-state index in [2.05, 4.69) is 24.8 Å². The molecule has 0 bridgehead atoms. The van der Waals surface area contributed by atoms with Crippen LogP contribution in [-0.2, 0) is 4.74 Å². The van der Waals surface area contributed by atoms with Crippen LogP contribution < -0.4 is 9.64 Å². The van der Waals surface area contributed by atoms with Crippen molar-refractivity contribution in [2.24, 2.45) is 0 Å². The van der Waals surface area contributed by atoms with Crippen LogP contribution in [0, 0.1) is 5.82 Å². The second-order valence-electron chi connectivity index (χ2n) is 9.63. The first-order valence-electron chi connectivity index (χ1n) is 11.4. The maximum atomic E-state index is 14.9. The minimum absolute atomic E-state index is 0.0892. The van der Waals surface area contributed by atoms with Gasteiger partial charge in [-0.2, -0.15) is 9.97 Å². The van der Waals surface area contributed by atoms with Crippen LogP contribution >= 0.6 is 11.6 Å². The van der Waals surface area contributed by atoms with Crippen LogP contribution in [0.25, 0.3) is 10.9 Å². The maximum Gasteiger partial charge on any atom is 0.319 e. The van der Waals surface area contributed by atoms with E-state index in [1.54, 1.807) is 0 Å². The number of pyridine rings is 1. The highest BCUT2D eigenvalue weighted by Gasteiger charge is 2.49. The van der Waals surface area contributed by atoms with E-state index in [0.717, 1.165) is 51.8 Å². The molecule has 1 spiro atoms. The molecule has 3 atom stereocenters. The molecule has 32 heavy (non-hydrogen) atoms. The average Bonchev–Trinajstić information content (AvgIpc) is 3.29. The molecule has 0 radical (unpaired) electrons. The maximum absolute atomic E-state index is 14.9. The van der Waals surface area contributed by atoms with Crippen molar-refractivity contribution in [2.75, 3.05) is 44.3 Å². The highest BCUT2D eigenvalue weighted by atomic mass is 35.5. The van der Waals surface area contributed by atoms with Gasteiger partial charge in [0, 0.05) is 38.7 Å². The van der Waals surface area contributed by atoms with E-state index >= 15 is 0 Å². The molecule has 1 unspecified atom stereocenters. The highest BCUT2D eigenvalue weighted by molar-refractivity contribution is 6.30. The van der Waals surface area contributed by atoms with Gasteiger partial charge in [-0.3, -0.25) is 4.90 Å². The van der Waals surface area contributed by atoms with Crippen LogP contribution in [0.1, 0.15) is 38.5 Å². The third-order valence-corrected chi connectivity index (χ3v) is 7.90. The second-order valence-corrected chi connectivity index (χ2v) is 9.98. The van der Waals surface area contributed by atoms with Crippen molar-refractivity contribution in [1.82, 2.24) is 19.9 Å². The molecular weight excluding hydrogens is 440 g/mol. The summed E-state index contributed by atoms with van der Waals surface area (Å²) in [6.45, 7) is 3.84. The smallest absolute Gasteiger partial charge is 0.319 e. The Hall–Kier alpha value is -1.84. The fourth-order valence-corrected chi connectivity index (χ4v) is 6.08. The number of anilines is 1. The Morgan fingerprint density at radius 3 is 2.88 bits per heavy atom. The molecule has 7 nitrogen and oxygen atoms in total. The van der Waals surface area contributed by atoms with E-state index in [1.165, 1.54) is 6.20 Å². The van der Waals surface area contributed by atoms with Gasteiger partial charge in [-0.05, 0) is 32.2 Å². The summed E-state index contributed by atoms with van der Waals surface area (Å²) < 4.78 is 41.0. The monoisotopic (exact) mass is 465 g/mol. The molecule has 0 amide bonds. The van der Waals surface area contributed by atoms with Crippen LogP contribution in [0.3, 0.4) is 0 Å². The first-order chi connectivity index (χ1) is 15.5. The molecule has 10 heteroatoms. The number of alkyl halides is 1. The Bertz CT molecular complexity index is 1050. The Kier molecular flexibility index (Phi) is 4.93. The molecule has 0 saturated carbocycles. The Morgan fingerprint density at radius 2 is 2.06 bits per heavy atom. The number of ether oxygens (including phenoxy) is 2. The van der Waals surface area contributed by atoms with Crippen LogP contribution in [0.15, 0.2) is 6.20 Å². The predicted octanol–water partition coefficient (Wildman–Crippen LogP) is 3.53. The molecule has 4 aliphatic rings. The lowest BCUT2D eigenvalue weighted by Crippen LogP contribution is -2.56. The number of hydrogen-bond acceptors (Lipinski definition) is 7. The first-order valence-corrected chi connectivity index (χ1v) is 11.8. The van der Waals surface area contributed by atoms with Gasteiger partial charge >= 0.3 is 6.01 Å². The Balaban J connectivity index is 1.35. The molecule has 172 valence electrons. The lowest BCUT2D eigenvalue weighted by atomic mass is 9.86. The summed E-state index contributed by atoms with van der Waals surface area (Å²) in [5, 5.41) is 0.267. The SMILES string of the molecule is Fc1c(Cl)ncc2c(N3CCCC4(CCO4)C3)nc(OC[C@@]34CCCN3C[C@H](F)C4)nc12. The third-order valence-electron chi connectivity index (χ3n) is 7.64. The van der Waals surface area contributed by atoms with Crippen molar-refractivity contribution in [3.8, 4) is 6.01 Å². The Morgan fingerprint density at radius 1 is 1.22 bits per heavy atom. The van der Waals surface area contributed by atoms with Crippen LogP contribution in [0.2, 0.25) is 5.15 Å². The topological polar surface area (TPSA) is 63.6 Å². The number of aromatic nitrogens is 3. The molecule has 0 aromatic carbocycles. The second kappa shape index (κ2) is 7.60. The number of nitrogens with zero attached hydrogens (tertiary/aromatic N) is 5. The molecule has 2 aromatic heterocycles. The quantitative estimate of drug-likeness (QED) is 0.640. The molecule has 0 aliphatic carbocycles. The Labute approximate surface area is 190 Å². The largest absolute Gasteiger partial charge is 0.461 e. The highest BCUT2D eigenvalue weighted by Crippen LogP contribution is 2.41. The predicted molar refractivity (Wildman–Crippen MR) is 116 cm³/mol. The zero-order valence-corrected chi connectivity index (χ0v) is 18.6. The van der Waals surface area contributed by atoms with Gasteiger partial charge in [0.1, 0.15) is 24.1 Å². The lowest BCUT2D eigenvalue weighted by molar-refractivity contribution is -0.151. The molecule has 6 rings (SSSR count). The lowest BCUT2D eigenvalue weighted by Gasteiger charge is -2.48. The summed E-state index contributed by atoms with van der Waals surface area (Å²) in [5.74, 6) is -0.104. The fraction of sp³-hybridized carbons (Fsp3) is 0.682. The summed E-state index contributed by atoms with van der Waals surface area (Å²) in [6.07, 6.45) is 6.00. The van der Waals surface area contributed by atoms with Gasteiger partial charge in [0.2, 0.25) is 0 Å². The van der Waals surface area contributed by atoms with E-state index in [0.29, 0.717) is 30.7 Å². The fourth-order valence-electron chi connectivity index (χ4n) is 5.94. The number of hydrogen-bond donors (Lipinski definition) is 0. The van der Waals surface area contributed by atoms with Gasteiger partial charge < -0.3 is 14.4 Å². The first kappa shape index (κ1) is 20.7. The van der Waals surface area contributed by atoms with Crippen molar-refractivity contribution >= 4 is 28.3 Å². The molecule has 6 heterocycles. The van der Waals surface area contributed by atoms with Gasteiger partial charge in [0.15, 0.2) is 11.0 Å². The van der Waals surface area contributed by atoms with Gasteiger partial charge in [0.25, 0.3) is 0 Å². The van der Waals surface area contributed by atoms with E-state index in [9.17, 15) is 8.78 Å². The minimum atomic E-state index is -0.846. The standard InChI is InChI=1S/C22H26ClF2N5O2/c23-18-16(25)17-15(10-26-18)19(29-6-2-4-22(12-29)5-8-32-22)28-20(27-17)31-13-21-3-1-7-30(21)11-14(24)9-21/h10,14H,1-9,11-13H2/t14-,21+,22?/m1/s1. The minimum Gasteiger partial charge on any atom is -0.461 e. The van der Waals surface area contributed by atoms with E-state index in [1.807, 2.05) is 0 Å². The van der Waals surface area contributed by atoms with E-state index in [4.69, 9.17) is 21.1 Å². The van der Waals surface area contributed by atoms with Crippen molar-refractivity contribution < 1.29 is 18.3 Å². The van der Waals surface area contributed by atoms with Crippen molar-refractivity contribution in [2.45, 2.75) is 55.8 Å². The summed E-state index contributed by atoms with van der Waals surface area (Å²) in [7, 11) is 0. The van der Waals surface area contributed by atoms with E-state index in [-0.39, 0.29) is 34.4 Å². The van der Waals surface area contributed by atoms with Crippen molar-refractivity contribution in [3.63, 3.8) is 0 Å². The number of piperidine rings is 1. The van der Waals surface area contributed by atoms with Crippen molar-refractivity contribution in [1.29, 1.82) is 0 Å². The van der Waals surface area contributed by atoms with Gasteiger partial charge in [-0.15, -0.1) is 0 Å². The summed E-state index contributed by atoms with van der Waals surface area (Å²) in [5.41, 5.74) is -0.394. The van der Waals surface area contributed by atoms with Crippen molar-refractivity contribution in [3.05, 3.63) is 17.2 Å². The molecule has 2 aromatic rings. The number of rotatable bonds is 4. The summed E-state index contributed by atoms with van der Waals surface area (Å²) >= 11 is 5.95. The van der Waals surface area contributed by atoms with Crippen LogP contribution in [0.4, 0.5) is 14.6 Å². The average molecular weight is 466 g/mol. The van der Waals surface area contributed by atoms with Gasteiger partial charge in [-0.1, -0.05) is 11.6 Å². The van der Waals surface area contributed by atoms with E-state index < -0.39 is 12.0 Å². The normalized spacial score (nSPS) is 32.5. The zero-order chi connectivity index (χ0) is 21.9. The summed E-state index contributed by atoms with van der Waals surface area (Å²) in [6, 6.07) is 0.0892.